The number of rotatable bonds is 9. The van der Waals surface area contributed by atoms with Gasteiger partial charge in [-0.3, -0.25) is 9.69 Å². The van der Waals surface area contributed by atoms with Gasteiger partial charge in [-0.25, -0.2) is 0 Å². The van der Waals surface area contributed by atoms with E-state index in [-0.39, 0.29) is 5.91 Å². The van der Waals surface area contributed by atoms with E-state index in [0.29, 0.717) is 32.8 Å². The number of nitrogens with zero attached hydrogens (tertiary/aromatic N) is 1. The maximum atomic E-state index is 11.5. The molecule has 0 saturated heterocycles. The summed E-state index contributed by atoms with van der Waals surface area (Å²) in [6.07, 6.45) is 0. The van der Waals surface area contributed by atoms with Crippen molar-refractivity contribution in [3.8, 4) is 5.75 Å². The Balaban J connectivity index is 2.14. The molecule has 1 aromatic rings. The summed E-state index contributed by atoms with van der Waals surface area (Å²) < 4.78 is 11.5. The maximum absolute atomic E-state index is 11.5. The molecule has 0 heterocycles. The van der Waals surface area contributed by atoms with Crippen LogP contribution >= 0.6 is 15.9 Å². The molecule has 0 spiro atoms. The van der Waals surface area contributed by atoms with Gasteiger partial charge in [0.25, 0.3) is 0 Å². The molecular weight excluding hydrogens is 324 g/mol. The third-order valence-electron chi connectivity index (χ3n) is 2.60. The SMILES string of the molecule is COCCNC(=O)CN(C)CCOc1ccc(Br)cc1. The number of carbonyl (C=O) groups is 1. The van der Waals surface area contributed by atoms with Gasteiger partial charge in [-0.05, 0) is 31.3 Å². The normalized spacial score (nSPS) is 10.6. The summed E-state index contributed by atoms with van der Waals surface area (Å²) in [6, 6.07) is 7.67. The van der Waals surface area contributed by atoms with Crippen LogP contribution in [0, 0.1) is 0 Å². The Kier molecular flexibility index (Phi) is 8.25. The Bertz CT molecular complexity index is 398. The number of halogens is 1. The average Bonchev–Trinajstić information content (AvgIpc) is 2.41. The summed E-state index contributed by atoms with van der Waals surface area (Å²) in [4.78, 5) is 13.5. The number of methoxy groups -OCH3 is 1. The first-order valence-electron chi connectivity index (χ1n) is 6.44. The lowest BCUT2D eigenvalue weighted by Crippen LogP contribution is -2.38. The standard InChI is InChI=1S/C14H21BrN2O3/c1-17(11-14(18)16-7-9-19-2)8-10-20-13-5-3-12(15)4-6-13/h3-6H,7-11H2,1-2H3,(H,16,18). The van der Waals surface area contributed by atoms with Crippen LogP contribution in [-0.4, -0.2) is 57.8 Å². The zero-order valence-electron chi connectivity index (χ0n) is 11.9. The van der Waals surface area contributed by atoms with E-state index in [0.717, 1.165) is 10.2 Å². The lowest BCUT2D eigenvalue weighted by molar-refractivity contribution is -0.122. The third-order valence-corrected chi connectivity index (χ3v) is 3.13. The van der Waals surface area contributed by atoms with Gasteiger partial charge in [-0.1, -0.05) is 15.9 Å². The van der Waals surface area contributed by atoms with Gasteiger partial charge in [-0.15, -0.1) is 0 Å². The van der Waals surface area contributed by atoms with Crippen molar-refractivity contribution in [2.75, 3.05) is 47.0 Å². The number of carbonyl (C=O) groups excluding carboxylic acids is 1. The Hall–Kier alpha value is -1.11. The molecule has 0 aromatic heterocycles. The van der Waals surface area contributed by atoms with Crippen LogP contribution in [0.5, 0.6) is 5.75 Å². The van der Waals surface area contributed by atoms with Crippen LogP contribution in [0.1, 0.15) is 0 Å². The quantitative estimate of drug-likeness (QED) is 0.690. The zero-order valence-corrected chi connectivity index (χ0v) is 13.5. The van der Waals surface area contributed by atoms with E-state index < -0.39 is 0 Å². The summed E-state index contributed by atoms with van der Waals surface area (Å²) in [7, 11) is 3.50. The third kappa shape index (κ3) is 7.47. The van der Waals surface area contributed by atoms with Crippen LogP contribution in [0.2, 0.25) is 0 Å². The highest BCUT2D eigenvalue weighted by molar-refractivity contribution is 9.10. The second-order valence-electron chi connectivity index (χ2n) is 4.38. The van der Waals surface area contributed by atoms with Gasteiger partial charge in [0.15, 0.2) is 0 Å². The largest absolute Gasteiger partial charge is 0.492 e. The van der Waals surface area contributed by atoms with Gasteiger partial charge in [0, 0.05) is 24.7 Å². The minimum atomic E-state index is -0.00630. The van der Waals surface area contributed by atoms with Crippen LogP contribution in [0.25, 0.3) is 0 Å². The first-order chi connectivity index (χ1) is 9.61. The van der Waals surface area contributed by atoms with Gasteiger partial charge in [-0.2, -0.15) is 0 Å². The molecule has 0 aliphatic carbocycles. The van der Waals surface area contributed by atoms with E-state index in [4.69, 9.17) is 9.47 Å². The highest BCUT2D eigenvalue weighted by Crippen LogP contribution is 2.15. The van der Waals surface area contributed by atoms with Crippen molar-refractivity contribution < 1.29 is 14.3 Å². The molecule has 1 aromatic carbocycles. The molecule has 0 atom stereocenters. The molecule has 0 unspecified atom stereocenters. The molecular formula is C14H21BrN2O3. The van der Waals surface area contributed by atoms with E-state index in [1.54, 1.807) is 7.11 Å². The van der Waals surface area contributed by atoms with Crippen molar-refractivity contribution in [3.63, 3.8) is 0 Å². The monoisotopic (exact) mass is 344 g/mol. The van der Waals surface area contributed by atoms with Gasteiger partial charge < -0.3 is 14.8 Å². The minimum Gasteiger partial charge on any atom is -0.492 e. The topological polar surface area (TPSA) is 50.8 Å². The van der Waals surface area contributed by atoms with Crippen molar-refractivity contribution in [2.24, 2.45) is 0 Å². The minimum absolute atomic E-state index is 0.00630. The Morgan fingerprint density at radius 3 is 2.65 bits per heavy atom. The van der Waals surface area contributed by atoms with E-state index >= 15 is 0 Å². The van der Waals surface area contributed by atoms with Crippen molar-refractivity contribution in [1.82, 2.24) is 10.2 Å². The van der Waals surface area contributed by atoms with Crippen molar-refractivity contribution >= 4 is 21.8 Å². The fourth-order valence-electron chi connectivity index (χ4n) is 1.52. The fourth-order valence-corrected chi connectivity index (χ4v) is 1.79. The average molecular weight is 345 g/mol. The molecule has 1 amide bonds. The van der Waals surface area contributed by atoms with Crippen molar-refractivity contribution in [3.05, 3.63) is 28.7 Å². The first-order valence-corrected chi connectivity index (χ1v) is 7.23. The number of hydrogen-bond acceptors (Lipinski definition) is 4. The highest BCUT2D eigenvalue weighted by Gasteiger charge is 2.05. The molecule has 0 bridgehead atoms. The number of hydrogen-bond donors (Lipinski definition) is 1. The predicted octanol–water partition coefficient (Wildman–Crippen LogP) is 1.52. The number of amides is 1. The molecule has 112 valence electrons. The van der Waals surface area contributed by atoms with E-state index in [1.807, 2.05) is 36.2 Å². The number of benzene rings is 1. The van der Waals surface area contributed by atoms with E-state index in [9.17, 15) is 4.79 Å². The summed E-state index contributed by atoms with van der Waals surface area (Å²) in [6.45, 7) is 2.66. The summed E-state index contributed by atoms with van der Waals surface area (Å²) in [5.74, 6) is 0.819. The van der Waals surface area contributed by atoms with Crippen molar-refractivity contribution in [1.29, 1.82) is 0 Å². The van der Waals surface area contributed by atoms with Crippen LogP contribution in [0.4, 0.5) is 0 Å². The summed E-state index contributed by atoms with van der Waals surface area (Å²) in [5.41, 5.74) is 0. The number of nitrogens with one attached hydrogen (secondary N) is 1. The van der Waals surface area contributed by atoms with E-state index in [1.165, 1.54) is 0 Å². The lowest BCUT2D eigenvalue weighted by Gasteiger charge is -2.16. The molecule has 0 aliphatic heterocycles. The van der Waals surface area contributed by atoms with E-state index in [2.05, 4.69) is 21.2 Å². The predicted molar refractivity (Wildman–Crippen MR) is 82.0 cm³/mol. The van der Waals surface area contributed by atoms with Gasteiger partial charge in [0.2, 0.25) is 5.91 Å². The summed E-state index contributed by atoms with van der Waals surface area (Å²) in [5, 5.41) is 2.78. The lowest BCUT2D eigenvalue weighted by atomic mass is 10.3. The number of ether oxygens (including phenoxy) is 2. The number of likely N-dealkylation sites (N-methyl/N-ethyl adjacent to an activating group) is 1. The highest BCUT2D eigenvalue weighted by atomic mass is 79.9. The molecule has 6 heteroatoms. The molecule has 1 N–H and O–H groups in total. The van der Waals surface area contributed by atoms with Crippen LogP contribution in [-0.2, 0) is 9.53 Å². The zero-order chi connectivity index (χ0) is 14.8. The first kappa shape index (κ1) is 16.9. The fraction of sp³-hybridized carbons (Fsp3) is 0.500. The van der Waals surface area contributed by atoms with Gasteiger partial charge >= 0.3 is 0 Å². The van der Waals surface area contributed by atoms with Gasteiger partial charge in [0.1, 0.15) is 12.4 Å². The van der Waals surface area contributed by atoms with Crippen LogP contribution in [0.15, 0.2) is 28.7 Å². The van der Waals surface area contributed by atoms with Crippen LogP contribution in [0.3, 0.4) is 0 Å². The molecule has 0 aliphatic rings. The van der Waals surface area contributed by atoms with Crippen molar-refractivity contribution in [2.45, 2.75) is 0 Å². The Labute approximate surface area is 128 Å². The van der Waals surface area contributed by atoms with Gasteiger partial charge in [0.05, 0.1) is 13.2 Å². The molecule has 20 heavy (non-hydrogen) atoms. The molecule has 0 fully saturated rings. The maximum Gasteiger partial charge on any atom is 0.234 e. The Morgan fingerprint density at radius 1 is 1.30 bits per heavy atom. The Morgan fingerprint density at radius 2 is 2.00 bits per heavy atom. The smallest absolute Gasteiger partial charge is 0.234 e. The summed E-state index contributed by atoms with van der Waals surface area (Å²) >= 11 is 3.37. The second-order valence-corrected chi connectivity index (χ2v) is 5.30. The second kappa shape index (κ2) is 9.74. The molecule has 0 radical (unpaired) electrons. The molecule has 1 rings (SSSR count). The molecule has 0 saturated carbocycles. The van der Waals surface area contributed by atoms with Crippen LogP contribution < -0.4 is 10.1 Å². The molecule has 5 nitrogen and oxygen atoms in total.